The van der Waals surface area contributed by atoms with Crippen molar-refractivity contribution in [1.29, 1.82) is 0 Å². The predicted octanol–water partition coefficient (Wildman–Crippen LogP) is 13.8. The van der Waals surface area contributed by atoms with Crippen LogP contribution in [0.2, 0.25) is 0 Å². The molecular weight excluding hydrogens is 763 g/mol. The van der Waals surface area contributed by atoms with Gasteiger partial charge in [0.15, 0.2) is 0 Å². The van der Waals surface area contributed by atoms with Gasteiger partial charge in [-0.15, -0.1) is 0 Å². The van der Waals surface area contributed by atoms with Gasteiger partial charge in [-0.05, 0) is 135 Å². The third-order valence-corrected chi connectivity index (χ3v) is 13.1. The molecule has 11 rings (SSSR count). The van der Waals surface area contributed by atoms with Crippen molar-refractivity contribution in [3.8, 4) is 11.1 Å². The Morgan fingerprint density at radius 1 is 0.444 bits per heavy atom. The van der Waals surface area contributed by atoms with E-state index in [-0.39, 0.29) is 17.5 Å². The minimum atomic E-state index is -0.0195. The van der Waals surface area contributed by atoms with Crippen LogP contribution in [0, 0.1) is 0 Å². The molecule has 0 N–H and O–H groups in total. The molecule has 63 heavy (non-hydrogen) atoms. The lowest BCUT2D eigenvalue weighted by Gasteiger charge is -2.43. The van der Waals surface area contributed by atoms with E-state index in [1.807, 2.05) is 0 Å². The fourth-order valence-corrected chi connectivity index (χ4v) is 9.92. The second-order valence-corrected chi connectivity index (χ2v) is 19.1. The molecule has 4 nitrogen and oxygen atoms in total. The summed E-state index contributed by atoms with van der Waals surface area (Å²) in [5, 5.41) is 0. The molecule has 0 saturated carbocycles. The Morgan fingerprint density at radius 2 is 1.03 bits per heavy atom. The van der Waals surface area contributed by atoms with Gasteiger partial charge in [-0.1, -0.05) is 145 Å². The Bertz CT molecular complexity index is 3140. The number of anilines is 9. The van der Waals surface area contributed by atoms with E-state index < -0.39 is 0 Å². The van der Waals surface area contributed by atoms with Gasteiger partial charge in [-0.2, -0.15) is 0 Å². The first-order valence-corrected chi connectivity index (χ1v) is 22.2. The topological polar surface area (TPSA) is 14.1 Å². The third-order valence-electron chi connectivity index (χ3n) is 13.1. The number of benzene rings is 7. The van der Waals surface area contributed by atoms with Crippen molar-refractivity contribution in [2.75, 3.05) is 14.7 Å². The lowest BCUT2D eigenvalue weighted by atomic mass is 9.34. The van der Waals surface area contributed by atoms with Crippen LogP contribution in [0.15, 0.2) is 200 Å². The molecule has 2 aromatic heterocycles. The molecule has 0 radical (unpaired) electrons. The molecule has 2 aliphatic rings. The molecule has 0 aliphatic carbocycles. The first kappa shape index (κ1) is 38.7. The van der Waals surface area contributed by atoms with Gasteiger partial charge >= 0.3 is 0 Å². The number of hydrogen-bond acceptors (Lipinski definition) is 3. The first-order valence-electron chi connectivity index (χ1n) is 22.2. The van der Waals surface area contributed by atoms with E-state index >= 15 is 0 Å². The molecule has 2 aliphatic heterocycles. The Balaban J connectivity index is 1.19. The molecule has 0 bridgehead atoms. The average molecular weight is 815 g/mol. The van der Waals surface area contributed by atoms with E-state index in [0.717, 1.165) is 28.4 Å². The molecule has 7 aromatic carbocycles. The third kappa shape index (κ3) is 6.45. The van der Waals surface area contributed by atoms with Crippen molar-refractivity contribution in [3.05, 3.63) is 211 Å². The van der Waals surface area contributed by atoms with Gasteiger partial charge in [0.25, 0.3) is 6.71 Å². The fourth-order valence-electron chi connectivity index (χ4n) is 9.92. The summed E-state index contributed by atoms with van der Waals surface area (Å²) in [5.41, 5.74) is 19.3. The number of pyridine rings is 1. The molecule has 5 heteroatoms. The molecule has 4 heterocycles. The molecule has 0 atom stereocenters. The van der Waals surface area contributed by atoms with Crippen molar-refractivity contribution in [2.45, 2.75) is 52.4 Å². The van der Waals surface area contributed by atoms with Crippen LogP contribution >= 0.6 is 0 Å². The van der Waals surface area contributed by atoms with Crippen molar-refractivity contribution in [3.63, 3.8) is 0 Å². The Hall–Kier alpha value is -7.24. The van der Waals surface area contributed by atoms with Crippen molar-refractivity contribution in [1.82, 2.24) is 4.40 Å². The minimum Gasteiger partial charge on any atom is -0.311 e. The summed E-state index contributed by atoms with van der Waals surface area (Å²) in [6.45, 7) is 13.8. The van der Waals surface area contributed by atoms with Gasteiger partial charge < -0.3 is 14.2 Å². The number of nitrogens with zero attached hydrogens (tertiary/aromatic N) is 4. The van der Waals surface area contributed by atoms with E-state index in [1.165, 1.54) is 67.0 Å². The largest absolute Gasteiger partial charge is 0.311 e. The zero-order valence-electron chi connectivity index (χ0n) is 36.9. The molecule has 306 valence electrons. The number of rotatable bonds is 6. The van der Waals surface area contributed by atoms with Crippen LogP contribution in [0.1, 0.15) is 52.7 Å². The van der Waals surface area contributed by atoms with E-state index in [9.17, 15) is 0 Å². The zero-order valence-corrected chi connectivity index (χ0v) is 36.9. The molecule has 0 unspecified atom stereocenters. The lowest BCUT2D eigenvalue weighted by molar-refractivity contribution is 0.590. The summed E-state index contributed by atoms with van der Waals surface area (Å²) >= 11 is 0. The summed E-state index contributed by atoms with van der Waals surface area (Å²) in [5.74, 6) is 1.18. The van der Waals surface area contributed by atoms with Gasteiger partial charge in [0, 0.05) is 57.1 Å². The second-order valence-electron chi connectivity index (χ2n) is 19.1. The number of para-hydroxylation sites is 2. The van der Waals surface area contributed by atoms with Crippen LogP contribution in [0.3, 0.4) is 0 Å². The monoisotopic (exact) mass is 814 g/mol. The Labute approximate surface area is 372 Å². The molecule has 0 amide bonds. The van der Waals surface area contributed by atoms with Crippen LogP contribution in [-0.4, -0.2) is 11.1 Å². The summed E-state index contributed by atoms with van der Waals surface area (Å²) in [6, 6.07) is 71.9. The summed E-state index contributed by atoms with van der Waals surface area (Å²) < 4.78 is 2.37. The first-order chi connectivity index (χ1) is 30.5. The second kappa shape index (κ2) is 14.7. The van der Waals surface area contributed by atoms with Crippen LogP contribution in [0.4, 0.5) is 51.3 Å². The van der Waals surface area contributed by atoms with Crippen molar-refractivity contribution in [2.24, 2.45) is 0 Å². The average Bonchev–Trinajstić information content (AvgIpc) is 3.69. The predicted molar refractivity (Wildman–Crippen MR) is 269 cm³/mol. The van der Waals surface area contributed by atoms with Gasteiger partial charge in [0.1, 0.15) is 5.82 Å². The van der Waals surface area contributed by atoms with Crippen molar-refractivity contribution < 1.29 is 0 Å². The molecule has 0 fully saturated rings. The molecular formula is C58H51BN4. The Morgan fingerprint density at radius 3 is 1.70 bits per heavy atom. The quantitative estimate of drug-likeness (QED) is 0.155. The fraction of sp³-hybridized carbons (Fsp3) is 0.138. The van der Waals surface area contributed by atoms with E-state index in [1.54, 1.807) is 0 Å². The number of hydrogen-bond donors (Lipinski definition) is 0. The van der Waals surface area contributed by atoms with Gasteiger partial charge in [0.2, 0.25) is 0 Å². The Kier molecular flexibility index (Phi) is 9.02. The standard InChI is InChI=1S/C58H51BN4/c1-57(2,3)41-28-31-45(32-29-41)61(51-35-30-42(58(4,5)6)37-48(51)40-19-10-7-11-20-40)47-33-34-49-54(39-47)62(43-21-12-8-13-22-43)52-26-18-27-53-55(52)59(49)50-38-46-25-16-17-36-60(46)56(50)63(53)44-23-14-9-15-24-44/h7-39H,1-6H3. The van der Waals surface area contributed by atoms with Crippen LogP contribution in [0.5, 0.6) is 0 Å². The van der Waals surface area contributed by atoms with Crippen LogP contribution in [0.25, 0.3) is 16.6 Å². The van der Waals surface area contributed by atoms with Gasteiger partial charge in [0.05, 0.1) is 5.69 Å². The summed E-state index contributed by atoms with van der Waals surface area (Å²) in [6.07, 6.45) is 2.21. The van der Waals surface area contributed by atoms with E-state index in [0.29, 0.717) is 0 Å². The lowest BCUT2D eigenvalue weighted by Crippen LogP contribution is -2.61. The SMILES string of the molecule is CC(C)(C)c1ccc(N(c2ccc3c(c2)N(c2ccccc2)c2cccc4c2B3c2cc3ccccn3c2N4c2ccccc2)c2ccc(C(C)(C)C)cc2-c2ccccc2)cc1. The number of fused-ring (bicyclic) bond motifs is 6. The van der Waals surface area contributed by atoms with Gasteiger partial charge in [-0.25, -0.2) is 0 Å². The highest BCUT2D eigenvalue weighted by atomic mass is 15.2. The number of aromatic nitrogens is 1. The highest BCUT2D eigenvalue weighted by Crippen LogP contribution is 2.48. The normalized spacial score (nSPS) is 13.1. The smallest absolute Gasteiger partial charge is 0.254 e. The van der Waals surface area contributed by atoms with E-state index in [4.69, 9.17) is 0 Å². The van der Waals surface area contributed by atoms with Crippen LogP contribution < -0.4 is 31.1 Å². The maximum atomic E-state index is 2.50. The minimum absolute atomic E-state index is 0.000502. The summed E-state index contributed by atoms with van der Waals surface area (Å²) in [7, 11) is 0. The highest BCUT2D eigenvalue weighted by molar-refractivity contribution is 7.00. The zero-order chi connectivity index (χ0) is 43.0. The molecule has 0 spiro atoms. The van der Waals surface area contributed by atoms with Gasteiger partial charge in [-0.3, -0.25) is 4.90 Å². The molecule has 0 saturated heterocycles. The van der Waals surface area contributed by atoms with E-state index in [2.05, 4.69) is 261 Å². The molecule has 9 aromatic rings. The summed E-state index contributed by atoms with van der Waals surface area (Å²) in [4.78, 5) is 7.45. The maximum Gasteiger partial charge on any atom is 0.254 e. The highest BCUT2D eigenvalue weighted by Gasteiger charge is 2.45. The maximum absolute atomic E-state index is 2.50. The van der Waals surface area contributed by atoms with Crippen LogP contribution in [-0.2, 0) is 10.8 Å². The van der Waals surface area contributed by atoms with Crippen molar-refractivity contribution >= 4 is 79.9 Å².